The van der Waals surface area contributed by atoms with E-state index in [4.69, 9.17) is 11.5 Å². The molecule has 70 heavy (non-hydrogen) atoms. The molecule has 17 N–H and O–H groups in total. The first kappa shape index (κ1) is 61.1. The zero-order valence-corrected chi connectivity index (χ0v) is 40.6. The average Bonchev–Trinajstić information content (AvgIpc) is 3.27. The van der Waals surface area contributed by atoms with Gasteiger partial charge in [0.2, 0.25) is 59.1 Å². The number of nitrogens with one attached hydrogen (secondary N) is 9. The maximum Gasteiger partial charge on any atom is 0.326 e. The summed E-state index contributed by atoms with van der Waals surface area (Å²) in [5.41, 5.74) is 10.9. The minimum Gasteiger partial charge on any atom is -0.508 e. The lowest BCUT2D eigenvalue weighted by Gasteiger charge is -2.29. The highest BCUT2D eigenvalue weighted by atomic mass is 16.4. The molecule has 0 unspecified atom stereocenters. The summed E-state index contributed by atoms with van der Waals surface area (Å²) in [7, 11) is 0. The Bertz CT molecular complexity index is 2000. The van der Waals surface area contributed by atoms with E-state index < -0.39 is 164 Å². The van der Waals surface area contributed by atoms with Crippen LogP contribution >= 0.6 is 0 Å². The second-order valence-electron chi connectivity index (χ2n) is 17.9. The molecule has 0 saturated heterocycles. The molecule has 0 radical (unpaired) electrons. The van der Waals surface area contributed by atoms with Gasteiger partial charge >= 0.3 is 5.97 Å². The number of hydrogen-bond donors (Lipinski definition) is 15. The van der Waals surface area contributed by atoms with Crippen LogP contribution in [-0.4, -0.2) is 160 Å². The third kappa shape index (κ3) is 21.2. The summed E-state index contributed by atoms with van der Waals surface area (Å²) in [5.74, 6) is -12.7. The second-order valence-corrected chi connectivity index (χ2v) is 17.9. The molecule has 0 aromatic heterocycles. The van der Waals surface area contributed by atoms with E-state index in [1.165, 1.54) is 24.3 Å². The number of nitrogens with two attached hydrogens (primary N) is 2. The molecule has 392 valence electrons. The predicted octanol–water partition coefficient (Wildman–Crippen LogP) is -5.15. The monoisotopic (exact) mass is 994 g/mol. The van der Waals surface area contributed by atoms with E-state index in [0.29, 0.717) is 5.56 Å². The normalized spacial score (nSPS) is 14.6. The summed E-state index contributed by atoms with van der Waals surface area (Å²) in [6.07, 6.45) is -0.857. The number of primary amides is 1. The topological polar surface area (TPSA) is 429 Å². The number of hydrogen-bond acceptors (Lipinski definition) is 15. The van der Waals surface area contributed by atoms with Gasteiger partial charge < -0.3 is 79.7 Å². The van der Waals surface area contributed by atoms with Crippen molar-refractivity contribution < 1.29 is 73.2 Å². The summed E-state index contributed by atoms with van der Waals surface area (Å²) in [4.78, 5) is 142. The first-order chi connectivity index (χ1) is 32.6. The highest BCUT2D eigenvalue weighted by Gasteiger charge is 2.36. The minimum atomic E-state index is -1.72. The van der Waals surface area contributed by atoms with Crippen LogP contribution in [0.15, 0.2) is 24.3 Å². The van der Waals surface area contributed by atoms with Crippen molar-refractivity contribution in [1.82, 2.24) is 47.9 Å². The number of phenolic OH excluding ortho intramolecular Hbond substituents is 1. The Morgan fingerprint density at radius 2 is 0.943 bits per heavy atom. The quantitative estimate of drug-likeness (QED) is 0.0343. The zero-order chi connectivity index (χ0) is 53.6. The van der Waals surface area contributed by atoms with Crippen LogP contribution in [0.2, 0.25) is 0 Å². The number of carbonyl (C=O) groups is 11. The summed E-state index contributed by atoms with van der Waals surface area (Å²) in [5, 5.41) is 60.7. The summed E-state index contributed by atoms with van der Waals surface area (Å²) >= 11 is 0. The lowest BCUT2D eigenvalue weighted by molar-refractivity contribution is -0.143. The number of rotatable bonds is 30. The molecule has 1 aromatic rings. The SMILES string of the molecule is CC(C)C[C@H](NC(=O)[C@H](CO)NC(=O)[C@@H](NC(=O)[C@@H](NC(=O)CNC(=O)[C@H](CO)NC(=O)[C@H](Cc1ccc(O)cc1)NC(=O)[C@H](CC(N)=O)NC(=O)CN)C(C)C)C(C)C)C(=O)N[C@H](C(=O)O)C(C)C. The first-order valence-electron chi connectivity index (χ1n) is 22.5. The smallest absolute Gasteiger partial charge is 0.326 e. The number of carboxylic acid groups (broad SMARTS) is 1. The number of benzene rings is 1. The van der Waals surface area contributed by atoms with Gasteiger partial charge in [-0.2, -0.15) is 0 Å². The van der Waals surface area contributed by atoms with Crippen molar-refractivity contribution in [3.8, 4) is 5.75 Å². The molecule has 0 heterocycles. The molecule has 0 fully saturated rings. The van der Waals surface area contributed by atoms with Crippen molar-refractivity contribution in [3.63, 3.8) is 0 Å². The third-order valence-electron chi connectivity index (χ3n) is 10.4. The van der Waals surface area contributed by atoms with Gasteiger partial charge in [0, 0.05) is 6.42 Å². The van der Waals surface area contributed by atoms with E-state index in [1.54, 1.807) is 55.4 Å². The number of aliphatic carboxylic acids is 1. The van der Waals surface area contributed by atoms with Crippen molar-refractivity contribution in [2.45, 2.75) is 123 Å². The van der Waals surface area contributed by atoms with Gasteiger partial charge in [-0.25, -0.2) is 4.79 Å². The lowest BCUT2D eigenvalue weighted by Crippen LogP contribution is -2.61. The predicted molar refractivity (Wildman–Crippen MR) is 249 cm³/mol. The molecule has 0 aliphatic rings. The molecule has 1 aromatic carbocycles. The number of aliphatic hydroxyl groups excluding tert-OH is 2. The maximum atomic E-state index is 13.6. The number of aliphatic hydroxyl groups is 2. The zero-order valence-electron chi connectivity index (χ0n) is 40.6. The van der Waals surface area contributed by atoms with Crippen LogP contribution in [0.4, 0.5) is 0 Å². The number of aromatic hydroxyl groups is 1. The lowest BCUT2D eigenvalue weighted by atomic mass is 9.99. The Kier molecular flexibility index (Phi) is 26.0. The summed E-state index contributed by atoms with van der Waals surface area (Å²) in [6.45, 7) is 9.68. The van der Waals surface area contributed by atoms with E-state index >= 15 is 0 Å². The molecule has 0 aliphatic carbocycles. The number of carboxylic acids is 1. The fraction of sp³-hybridized carbons (Fsp3) is 0.614. The van der Waals surface area contributed by atoms with Gasteiger partial charge in [0.25, 0.3) is 0 Å². The molecule has 10 amide bonds. The highest BCUT2D eigenvalue weighted by molar-refractivity contribution is 5.98. The Morgan fingerprint density at radius 3 is 1.43 bits per heavy atom. The van der Waals surface area contributed by atoms with Gasteiger partial charge in [-0.1, -0.05) is 67.5 Å². The third-order valence-corrected chi connectivity index (χ3v) is 10.4. The van der Waals surface area contributed by atoms with Gasteiger partial charge in [-0.15, -0.1) is 0 Å². The van der Waals surface area contributed by atoms with Gasteiger partial charge in [-0.3, -0.25) is 47.9 Å². The Labute approximate surface area is 405 Å². The Morgan fingerprint density at radius 1 is 0.514 bits per heavy atom. The van der Waals surface area contributed by atoms with E-state index in [0.717, 1.165) is 0 Å². The largest absolute Gasteiger partial charge is 0.508 e. The minimum absolute atomic E-state index is 0.0795. The molecule has 8 atom stereocenters. The molecule has 0 aliphatic heterocycles. The van der Waals surface area contributed by atoms with Crippen molar-refractivity contribution in [2.75, 3.05) is 26.3 Å². The fourth-order valence-electron chi connectivity index (χ4n) is 6.51. The van der Waals surface area contributed by atoms with Gasteiger partial charge in [0.1, 0.15) is 54.1 Å². The van der Waals surface area contributed by atoms with Crippen molar-refractivity contribution in [2.24, 2.45) is 35.1 Å². The van der Waals surface area contributed by atoms with Crippen LogP contribution in [0.25, 0.3) is 0 Å². The van der Waals surface area contributed by atoms with Crippen LogP contribution in [0.5, 0.6) is 5.75 Å². The highest BCUT2D eigenvalue weighted by Crippen LogP contribution is 2.13. The molecule has 0 bridgehead atoms. The van der Waals surface area contributed by atoms with E-state index in [-0.39, 0.29) is 24.5 Å². The Hall–Kier alpha value is -6.93. The van der Waals surface area contributed by atoms with Crippen molar-refractivity contribution in [1.29, 1.82) is 0 Å². The van der Waals surface area contributed by atoms with E-state index in [2.05, 4.69) is 47.9 Å². The van der Waals surface area contributed by atoms with Gasteiger partial charge in [0.05, 0.1) is 32.7 Å². The van der Waals surface area contributed by atoms with E-state index in [9.17, 15) is 73.2 Å². The Balaban J connectivity index is 3.12. The number of carbonyl (C=O) groups excluding carboxylic acids is 10. The van der Waals surface area contributed by atoms with E-state index in [1.807, 2.05) is 0 Å². The van der Waals surface area contributed by atoms with Crippen LogP contribution in [0, 0.1) is 23.7 Å². The maximum absolute atomic E-state index is 13.6. The van der Waals surface area contributed by atoms with Gasteiger partial charge in [-0.05, 0) is 47.8 Å². The first-order valence-corrected chi connectivity index (χ1v) is 22.5. The van der Waals surface area contributed by atoms with Crippen molar-refractivity contribution in [3.05, 3.63) is 29.8 Å². The molecule has 26 heteroatoms. The average molecular weight is 994 g/mol. The van der Waals surface area contributed by atoms with Crippen LogP contribution < -0.4 is 59.3 Å². The molecular formula is C44H71N11O15. The van der Waals surface area contributed by atoms with Gasteiger partial charge in [0.15, 0.2) is 0 Å². The fourth-order valence-corrected chi connectivity index (χ4v) is 6.51. The summed E-state index contributed by atoms with van der Waals surface area (Å²) in [6, 6.07) is -6.13. The standard InChI is InChI=1S/C44H71N11O15/c1-20(2)13-26(40(65)55-36(23(7)8)44(69)70)49-41(66)30(19-57)52-42(67)35(22(5)6)54-43(68)34(21(3)4)53-33(61)17-47-37(62)29(18-56)51-38(63)27(14-24-9-11-25(58)12-10-24)50-39(64)28(15-31(46)59)48-32(60)16-45/h9-12,20-23,26-30,34-36,56-58H,13-19,45H2,1-8H3,(H2,46,59)(H,47,62)(H,48,60)(H,49,66)(H,50,64)(H,51,63)(H,52,67)(H,53,61)(H,54,68)(H,55,65)(H,69,70)/t26-,27-,28-,29-,30-,34-,35-,36-/m0/s1. The number of phenols is 1. The molecular weight excluding hydrogens is 923 g/mol. The molecule has 0 saturated carbocycles. The molecule has 1 rings (SSSR count). The van der Waals surface area contributed by atoms with Crippen molar-refractivity contribution >= 4 is 65.0 Å². The summed E-state index contributed by atoms with van der Waals surface area (Å²) < 4.78 is 0. The molecule has 26 nitrogen and oxygen atoms in total. The van der Waals surface area contributed by atoms with Crippen LogP contribution in [-0.2, 0) is 59.2 Å². The van der Waals surface area contributed by atoms with Crippen LogP contribution in [0.3, 0.4) is 0 Å². The molecule has 0 spiro atoms. The number of amides is 10. The van der Waals surface area contributed by atoms with Crippen LogP contribution in [0.1, 0.15) is 73.8 Å². The second kappa shape index (κ2) is 29.8.